The van der Waals surface area contributed by atoms with E-state index in [1.807, 2.05) is 6.92 Å². The lowest BCUT2D eigenvalue weighted by Crippen LogP contribution is -2.18. The van der Waals surface area contributed by atoms with Crippen LogP contribution in [-0.2, 0) is 9.53 Å². The topological polar surface area (TPSA) is 26.3 Å². The van der Waals surface area contributed by atoms with Crippen molar-refractivity contribution in [2.75, 3.05) is 6.61 Å². The molecule has 80 valence electrons. The van der Waals surface area contributed by atoms with Crippen molar-refractivity contribution in [2.24, 2.45) is 29.6 Å². The van der Waals surface area contributed by atoms with E-state index in [1.165, 1.54) is 6.42 Å². The fourth-order valence-corrected chi connectivity index (χ4v) is 3.43. The van der Waals surface area contributed by atoms with E-state index >= 15 is 0 Å². The largest absolute Gasteiger partial charge is 0.466 e. The Morgan fingerprint density at radius 3 is 3.00 bits per heavy atom. The van der Waals surface area contributed by atoms with Crippen molar-refractivity contribution in [3.05, 3.63) is 24.3 Å². The molecule has 5 unspecified atom stereocenters. The van der Waals surface area contributed by atoms with Crippen molar-refractivity contribution in [2.45, 2.75) is 13.3 Å². The third-order valence-corrected chi connectivity index (χ3v) is 4.07. The summed E-state index contributed by atoms with van der Waals surface area (Å²) in [5, 5.41) is 0. The monoisotopic (exact) mass is 204 g/mol. The van der Waals surface area contributed by atoms with Crippen LogP contribution in [0.4, 0.5) is 0 Å². The van der Waals surface area contributed by atoms with Crippen LogP contribution in [0.2, 0.25) is 0 Å². The SMILES string of the molecule is CCOC(=O)C1C2CC3C=CC=CC3C21. The van der Waals surface area contributed by atoms with Crippen LogP contribution >= 0.6 is 0 Å². The van der Waals surface area contributed by atoms with Crippen LogP contribution in [0.25, 0.3) is 0 Å². The minimum atomic E-state index is 0.0360. The van der Waals surface area contributed by atoms with E-state index in [2.05, 4.69) is 24.3 Å². The van der Waals surface area contributed by atoms with Gasteiger partial charge < -0.3 is 4.74 Å². The average molecular weight is 204 g/mol. The van der Waals surface area contributed by atoms with Crippen LogP contribution in [-0.4, -0.2) is 12.6 Å². The highest BCUT2D eigenvalue weighted by atomic mass is 16.5. The van der Waals surface area contributed by atoms with E-state index in [9.17, 15) is 4.79 Å². The fraction of sp³-hybridized carbons (Fsp3) is 0.615. The molecule has 0 N–H and O–H groups in total. The summed E-state index contributed by atoms with van der Waals surface area (Å²) < 4.78 is 5.10. The molecule has 3 aliphatic carbocycles. The molecule has 0 aromatic heterocycles. The summed E-state index contributed by atoms with van der Waals surface area (Å²) in [5.74, 6) is 2.73. The number of esters is 1. The maximum absolute atomic E-state index is 11.6. The van der Waals surface area contributed by atoms with Crippen LogP contribution in [0.1, 0.15) is 13.3 Å². The summed E-state index contributed by atoms with van der Waals surface area (Å²) in [7, 11) is 0. The van der Waals surface area contributed by atoms with Gasteiger partial charge in [0.1, 0.15) is 0 Å². The van der Waals surface area contributed by atoms with Gasteiger partial charge in [0.15, 0.2) is 0 Å². The lowest BCUT2D eigenvalue weighted by molar-refractivity contribution is -0.145. The van der Waals surface area contributed by atoms with Gasteiger partial charge in [-0.1, -0.05) is 24.3 Å². The van der Waals surface area contributed by atoms with Crippen molar-refractivity contribution < 1.29 is 9.53 Å². The molecule has 15 heavy (non-hydrogen) atoms. The maximum Gasteiger partial charge on any atom is 0.309 e. The van der Waals surface area contributed by atoms with Crippen molar-refractivity contribution in [1.82, 2.24) is 0 Å². The van der Waals surface area contributed by atoms with Crippen molar-refractivity contribution >= 4 is 5.97 Å². The first-order valence-corrected chi connectivity index (χ1v) is 5.84. The Hall–Kier alpha value is -1.05. The molecule has 0 radical (unpaired) electrons. The summed E-state index contributed by atoms with van der Waals surface area (Å²) in [6, 6.07) is 0. The van der Waals surface area contributed by atoms with Crippen LogP contribution in [0.5, 0.6) is 0 Å². The van der Waals surface area contributed by atoms with Crippen LogP contribution in [0.15, 0.2) is 24.3 Å². The van der Waals surface area contributed by atoms with E-state index in [0.29, 0.717) is 30.3 Å². The smallest absolute Gasteiger partial charge is 0.309 e. The van der Waals surface area contributed by atoms with Gasteiger partial charge in [0.2, 0.25) is 0 Å². The van der Waals surface area contributed by atoms with Crippen molar-refractivity contribution in [3.63, 3.8) is 0 Å². The number of fused-ring (bicyclic) bond motifs is 3. The first-order valence-electron chi connectivity index (χ1n) is 5.84. The number of carbonyl (C=O) groups is 1. The molecule has 0 aliphatic heterocycles. The fourth-order valence-electron chi connectivity index (χ4n) is 3.43. The first-order chi connectivity index (χ1) is 7.33. The zero-order chi connectivity index (χ0) is 10.4. The number of rotatable bonds is 2. The summed E-state index contributed by atoms with van der Waals surface area (Å²) in [5.41, 5.74) is 0. The third-order valence-electron chi connectivity index (χ3n) is 4.07. The highest BCUT2D eigenvalue weighted by Crippen LogP contribution is 2.64. The quantitative estimate of drug-likeness (QED) is 0.644. The zero-order valence-corrected chi connectivity index (χ0v) is 8.93. The van der Waals surface area contributed by atoms with Crippen LogP contribution < -0.4 is 0 Å². The second-order valence-corrected chi connectivity index (χ2v) is 4.77. The zero-order valence-electron chi connectivity index (χ0n) is 8.93. The molecule has 2 heteroatoms. The second-order valence-electron chi connectivity index (χ2n) is 4.77. The molecule has 5 atom stereocenters. The van der Waals surface area contributed by atoms with Gasteiger partial charge in [0.05, 0.1) is 12.5 Å². The lowest BCUT2D eigenvalue weighted by Gasteiger charge is -2.20. The van der Waals surface area contributed by atoms with Gasteiger partial charge in [0.25, 0.3) is 0 Å². The van der Waals surface area contributed by atoms with E-state index in [-0.39, 0.29) is 11.9 Å². The molecule has 0 saturated heterocycles. The highest BCUT2D eigenvalue weighted by Gasteiger charge is 2.64. The Balaban J connectivity index is 1.70. The molecular formula is C13H16O2. The van der Waals surface area contributed by atoms with E-state index in [1.54, 1.807) is 0 Å². The molecule has 0 spiro atoms. The molecule has 3 aliphatic rings. The number of hydrogen-bond acceptors (Lipinski definition) is 2. The summed E-state index contributed by atoms with van der Waals surface area (Å²) in [4.78, 5) is 11.6. The summed E-state index contributed by atoms with van der Waals surface area (Å²) >= 11 is 0. The molecule has 0 bridgehead atoms. The standard InChI is InChI=1S/C13H16O2/c1-2-15-13(14)12-10-7-8-5-3-4-6-9(8)11(10)12/h3-6,8-12H,2,7H2,1H3. The van der Waals surface area contributed by atoms with E-state index in [0.717, 1.165) is 0 Å². The first kappa shape index (κ1) is 9.20. The molecule has 0 heterocycles. The number of ether oxygens (including phenoxy) is 1. The molecule has 0 aromatic rings. The lowest BCUT2D eigenvalue weighted by atomic mass is 9.85. The minimum Gasteiger partial charge on any atom is -0.466 e. The molecule has 0 aromatic carbocycles. The molecule has 2 saturated carbocycles. The van der Waals surface area contributed by atoms with Crippen molar-refractivity contribution in [3.8, 4) is 0 Å². The Morgan fingerprint density at radius 2 is 2.20 bits per heavy atom. The normalized spacial score (nSPS) is 44.7. The second kappa shape index (κ2) is 3.22. The Morgan fingerprint density at radius 1 is 1.40 bits per heavy atom. The predicted octanol–water partition coefficient (Wildman–Crippen LogP) is 2.17. The van der Waals surface area contributed by atoms with Gasteiger partial charge >= 0.3 is 5.97 Å². The van der Waals surface area contributed by atoms with Crippen LogP contribution in [0, 0.1) is 29.6 Å². The number of carbonyl (C=O) groups excluding carboxylic acids is 1. The van der Waals surface area contributed by atoms with E-state index in [4.69, 9.17) is 4.74 Å². The van der Waals surface area contributed by atoms with Gasteiger partial charge in [-0.25, -0.2) is 0 Å². The maximum atomic E-state index is 11.6. The molecule has 3 rings (SSSR count). The predicted molar refractivity (Wildman–Crippen MR) is 57.0 cm³/mol. The summed E-state index contributed by atoms with van der Waals surface area (Å²) in [6.45, 7) is 2.39. The highest BCUT2D eigenvalue weighted by molar-refractivity contribution is 5.77. The minimum absolute atomic E-state index is 0.0360. The van der Waals surface area contributed by atoms with Gasteiger partial charge in [-0.05, 0) is 37.0 Å². The molecule has 2 nitrogen and oxygen atoms in total. The van der Waals surface area contributed by atoms with Gasteiger partial charge in [-0.3, -0.25) is 4.79 Å². The third kappa shape index (κ3) is 1.27. The molecular weight excluding hydrogens is 188 g/mol. The van der Waals surface area contributed by atoms with Gasteiger partial charge in [-0.2, -0.15) is 0 Å². The number of hydrogen-bond donors (Lipinski definition) is 0. The number of allylic oxidation sites excluding steroid dienone is 4. The van der Waals surface area contributed by atoms with Gasteiger partial charge in [-0.15, -0.1) is 0 Å². The molecule has 2 fully saturated rings. The van der Waals surface area contributed by atoms with E-state index < -0.39 is 0 Å². The Labute approximate surface area is 90.0 Å². The Kier molecular flexibility index (Phi) is 1.98. The van der Waals surface area contributed by atoms with Crippen molar-refractivity contribution in [1.29, 1.82) is 0 Å². The Bertz CT molecular complexity index is 342. The molecule has 0 amide bonds. The average Bonchev–Trinajstić information content (AvgIpc) is 2.83. The van der Waals surface area contributed by atoms with Gasteiger partial charge in [0, 0.05) is 0 Å². The van der Waals surface area contributed by atoms with Crippen LogP contribution in [0.3, 0.4) is 0 Å². The summed E-state index contributed by atoms with van der Waals surface area (Å²) in [6.07, 6.45) is 9.99.